The molecule has 0 aliphatic rings. The van der Waals surface area contributed by atoms with Crippen LogP contribution in [0, 0.1) is 11.6 Å². The Bertz CT molecular complexity index is 341. The third-order valence-corrected chi connectivity index (χ3v) is 1.58. The number of rotatable bonds is 1. The molecule has 1 aromatic rings. The van der Waals surface area contributed by atoms with Crippen molar-refractivity contribution < 1.29 is 22.0 Å². The Morgan fingerprint density at radius 1 is 1.07 bits per heavy atom. The molecule has 14 heavy (non-hydrogen) atoms. The maximum absolute atomic E-state index is 12.8. The van der Waals surface area contributed by atoms with Crippen LogP contribution in [0.2, 0.25) is 0 Å². The second kappa shape index (κ2) is 3.40. The summed E-state index contributed by atoms with van der Waals surface area (Å²) in [5, 5.41) is 0. The maximum Gasteiger partial charge on any atom is 0.422 e. The third kappa shape index (κ3) is 1.92. The van der Waals surface area contributed by atoms with Gasteiger partial charge >= 0.3 is 6.18 Å². The summed E-state index contributed by atoms with van der Waals surface area (Å²) in [7, 11) is 0. The predicted octanol–water partition coefficient (Wildman–Crippen LogP) is 3.63. The van der Waals surface area contributed by atoms with E-state index in [1.165, 1.54) is 0 Å². The molecule has 0 spiro atoms. The zero-order valence-corrected chi connectivity index (χ0v) is 6.83. The first kappa shape index (κ1) is 10.7. The minimum absolute atomic E-state index is 0.0343. The normalized spacial score (nSPS) is 11.5. The van der Waals surface area contributed by atoms with Crippen LogP contribution in [0.3, 0.4) is 0 Å². The molecule has 5 heteroatoms. The predicted molar refractivity (Wildman–Crippen MR) is 41.5 cm³/mol. The van der Waals surface area contributed by atoms with Gasteiger partial charge in [0, 0.05) is 0 Å². The average Bonchev–Trinajstić information content (AvgIpc) is 1.99. The molecule has 0 amide bonds. The lowest BCUT2D eigenvalue weighted by Crippen LogP contribution is -2.11. The molecule has 1 aromatic carbocycles. The summed E-state index contributed by atoms with van der Waals surface area (Å²) in [5.41, 5.74) is -1.91. The molecule has 1 rings (SSSR count). The van der Waals surface area contributed by atoms with Crippen molar-refractivity contribution in [2.45, 2.75) is 6.18 Å². The zero-order valence-electron chi connectivity index (χ0n) is 6.83. The Labute approximate surface area is 76.7 Å². The lowest BCUT2D eigenvalue weighted by molar-refractivity contribution is -0.142. The van der Waals surface area contributed by atoms with Gasteiger partial charge in [-0.3, -0.25) is 0 Å². The van der Waals surface area contributed by atoms with E-state index < -0.39 is 23.4 Å². The van der Waals surface area contributed by atoms with E-state index in [1.807, 2.05) is 0 Å². The van der Waals surface area contributed by atoms with Gasteiger partial charge in [0.1, 0.15) is 17.2 Å². The molecule has 0 aliphatic heterocycles. The van der Waals surface area contributed by atoms with Gasteiger partial charge in [0.25, 0.3) is 0 Å². The third-order valence-electron chi connectivity index (χ3n) is 1.58. The van der Waals surface area contributed by atoms with Crippen molar-refractivity contribution in [1.82, 2.24) is 0 Å². The summed E-state index contributed by atoms with van der Waals surface area (Å²) in [6, 6.07) is 1.16. The van der Waals surface area contributed by atoms with Crippen molar-refractivity contribution in [2.24, 2.45) is 0 Å². The minimum atomic E-state index is -5.02. The monoisotopic (exact) mass is 208 g/mol. The molecular weight excluding hydrogens is 203 g/mol. The Morgan fingerprint density at radius 3 is 1.79 bits per heavy atom. The highest BCUT2D eigenvalue weighted by atomic mass is 19.4. The number of benzene rings is 1. The van der Waals surface area contributed by atoms with Crippen molar-refractivity contribution in [3.8, 4) is 0 Å². The van der Waals surface area contributed by atoms with E-state index in [-0.39, 0.29) is 5.56 Å². The highest BCUT2D eigenvalue weighted by Crippen LogP contribution is 2.33. The number of hydrogen-bond acceptors (Lipinski definition) is 0. The van der Waals surface area contributed by atoms with Crippen LogP contribution in [0.25, 0.3) is 6.08 Å². The average molecular weight is 208 g/mol. The van der Waals surface area contributed by atoms with Gasteiger partial charge in [-0.15, -0.1) is 0 Å². The van der Waals surface area contributed by atoms with Crippen LogP contribution < -0.4 is 0 Å². The largest absolute Gasteiger partial charge is 0.422 e. The van der Waals surface area contributed by atoms with Crippen LogP contribution in [0.5, 0.6) is 0 Å². The van der Waals surface area contributed by atoms with Crippen molar-refractivity contribution >= 4 is 6.08 Å². The molecule has 0 bridgehead atoms. The van der Waals surface area contributed by atoms with Gasteiger partial charge in [-0.2, -0.15) is 13.2 Å². The molecule has 0 saturated heterocycles. The van der Waals surface area contributed by atoms with Crippen molar-refractivity contribution in [1.29, 1.82) is 0 Å². The fraction of sp³-hybridized carbons (Fsp3) is 0.111. The fourth-order valence-electron chi connectivity index (χ4n) is 0.981. The van der Waals surface area contributed by atoms with E-state index in [0.717, 1.165) is 6.08 Å². The topological polar surface area (TPSA) is 0 Å². The van der Waals surface area contributed by atoms with E-state index in [1.54, 1.807) is 0 Å². The van der Waals surface area contributed by atoms with E-state index in [2.05, 4.69) is 6.58 Å². The summed E-state index contributed by atoms with van der Waals surface area (Å²) in [6.07, 6.45) is -3.96. The SMILES string of the molecule is C=Cc1cc(F)c(C(F)(F)F)c(F)c1. The highest BCUT2D eigenvalue weighted by Gasteiger charge is 2.37. The van der Waals surface area contributed by atoms with E-state index >= 15 is 0 Å². The van der Waals surface area contributed by atoms with Crippen molar-refractivity contribution in [2.75, 3.05) is 0 Å². The van der Waals surface area contributed by atoms with Crippen molar-refractivity contribution in [3.05, 3.63) is 41.5 Å². The first-order valence-electron chi connectivity index (χ1n) is 3.55. The van der Waals surface area contributed by atoms with Crippen LogP contribution >= 0.6 is 0 Å². The minimum Gasteiger partial charge on any atom is -0.206 e. The van der Waals surface area contributed by atoms with Crippen LogP contribution in [0.15, 0.2) is 18.7 Å². The Morgan fingerprint density at radius 2 is 1.50 bits per heavy atom. The molecule has 0 aromatic heterocycles. The molecular formula is C9H5F5. The van der Waals surface area contributed by atoms with Crippen LogP contribution in [0.1, 0.15) is 11.1 Å². The summed E-state index contributed by atoms with van der Waals surface area (Å²) >= 11 is 0. The summed E-state index contributed by atoms with van der Waals surface area (Å²) in [6.45, 7) is 3.19. The smallest absolute Gasteiger partial charge is 0.206 e. The van der Waals surface area contributed by atoms with E-state index in [9.17, 15) is 22.0 Å². The first-order chi connectivity index (χ1) is 6.36. The van der Waals surface area contributed by atoms with Gasteiger partial charge < -0.3 is 0 Å². The molecule has 0 atom stereocenters. The summed E-state index contributed by atoms with van der Waals surface area (Å²) in [4.78, 5) is 0. The van der Waals surface area contributed by atoms with Crippen LogP contribution in [0.4, 0.5) is 22.0 Å². The molecule has 0 N–H and O–H groups in total. The number of hydrogen-bond donors (Lipinski definition) is 0. The summed E-state index contributed by atoms with van der Waals surface area (Å²) < 4.78 is 61.7. The van der Waals surface area contributed by atoms with Crippen LogP contribution in [-0.4, -0.2) is 0 Å². The van der Waals surface area contributed by atoms with Gasteiger partial charge in [0.15, 0.2) is 0 Å². The molecule has 0 aliphatic carbocycles. The van der Waals surface area contributed by atoms with Crippen molar-refractivity contribution in [3.63, 3.8) is 0 Å². The molecule has 0 fully saturated rings. The number of halogens is 5. The Kier molecular flexibility index (Phi) is 2.59. The Hall–Kier alpha value is -1.39. The van der Waals surface area contributed by atoms with Crippen LogP contribution in [-0.2, 0) is 6.18 Å². The van der Waals surface area contributed by atoms with E-state index in [4.69, 9.17) is 0 Å². The van der Waals surface area contributed by atoms with Gasteiger partial charge in [0.2, 0.25) is 0 Å². The highest BCUT2D eigenvalue weighted by molar-refractivity contribution is 5.48. The molecule has 76 valence electrons. The molecule has 0 saturated carbocycles. The van der Waals surface area contributed by atoms with Gasteiger partial charge in [-0.1, -0.05) is 12.7 Å². The second-order valence-corrected chi connectivity index (χ2v) is 2.56. The number of alkyl halides is 3. The van der Waals surface area contributed by atoms with Gasteiger partial charge in [-0.25, -0.2) is 8.78 Å². The molecule has 0 unspecified atom stereocenters. The van der Waals surface area contributed by atoms with Gasteiger partial charge in [-0.05, 0) is 17.7 Å². The zero-order chi connectivity index (χ0) is 10.9. The molecule has 0 radical (unpaired) electrons. The Balaban J connectivity index is 3.40. The quantitative estimate of drug-likeness (QED) is 0.618. The lowest BCUT2D eigenvalue weighted by Gasteiger charge is -2.09. The lowest BCUT2D eigenvalue weighted by atomic mass is 10.1. The standard InChI is InChI=1S/C9H5F5/c1-2-5-3-6(10)8(7(11)4-5)9(12,13)14/h2-4H,1H2. The second-order valence-electron chi connectivity index (χ2n) is 2.56. The summed E-state index contributed by atoms with van der Waals surface area (Å²) in [5.74, 6) is -3.26. The fourth-order valence-corrected chi connectivity index (χ4v) is 0.981. The molecule has 0 nitrogen and oxygen atoms in total. The maximum atomic E-state index is 12.8. The molecule has 0 heterocycles. The van der Waals surface area contributed by atoms with Gasteiger partial charge in [0.05, 0.1) is 0 Å². The van der Waals surface area contributed by atoms with E-state index in [0.29, 0.717) is 12.1 Å². The first-order valence-corrected chi connectivity index (χ1v) is 3.55.